The van der Waals surface area contributed by atoms with E-state index in [2.05, 4.69) is 31.1 Å². The first-order valence-electron chi connectivity index (χ1n) is 5.68. The SMILES string of the molecule is C=C/C=C1/NC(=C/CS)/C(=C\C)S(=O)(=O)/C1=C/C=C. The number of rotatable bonds is 3. The van der Waals surface area contributed by atoms with Crippen molar-refractivity contribution in [2.45, 2.75) is 6.92 Å². The largest absolute Gasteiger partial charge is 0.354 e. The van der Waals surface area contributed by atoms with Gasteiger partial charge in [-0.25, -0.2) is 8.42 Å². The molecule has 1 aliphatic heterocycles. The number of sulfone groups is 1. The van der Waals surface area contributed by atoms with E-state index >= 15 is 0 Å². The van der Waals surface area contributed by atoms with E-state index < -0.39 is 9.84 Å². The monoisotopic (exact) mass is 295 g/mol. The van der Waals surface area contributed by atoms with E-state index in [0.29, 0.717) is 17.1 Å². The van der Waals surface area contributed by atoms with Crippen molar-refractivity contribution in [2.75, 3.05) is 5.75 Å². The van der Waals surface area contributed by atoms with Crippen molar-refractivity contribution in [2.24, 2.45) is 0 Å². The molecule has 0 unspecified atom stereocenters. The third-order valence-corrected chi connectivity index (χ3v) is 4.64. The van der Waals surface area contributed by atoms with Crippen LogP contribution in [-0.4, -0.2) is 14.2 Å². The van der Waals surface area contributed by atoms with E-state index in [0.717, 1.165) is 0 Å². The molecular weight excluding hydrogens is 278 g/mol. The Morgan fingerprint density at radius 1 is 1.16 bits per heavy atom. The molecule has 5 heteroatoms. The summed E-state index contributed by atoms with van der Waals surface area (Å²) in [6, 6.07) is 0. The molecule has 0 bridgehead atoms. The lowest BCUT2D eigenvalue weighted by Gasteiger charge is -2.25. The minimum absolute atomic E-state index is 0.187. The van der Waals surface area contributed by atoms with Crippen LogP contribution in [0.4, 0.5) is 0 Å². The van der Waals surface area contributed by atoms with Crippen LogP contribution in [0, 0.1) is 0 Å². The number of hydrogen-bond acceptors (Lipinski definition) is 4. The molecule has 102 valence electrons. The molecule has 0 aliphatic carbocycles. The third-order valence-electron chi connectivity index (χ3n) is 2.49. The molecule has 0 atom stereocenters. The Labute approximate surface area is 120 Å². The van der Waals surface area contributed by atoms with Crippen LogP contribution in [0.3, 0.4) is 0 Å². The van der Waals surface area contributed by atoms with Crippen LogP contribution in [0.25, 0.3) is 0 Å². The van der Waals surface area contributed by atoms with Gasteiger partial charge < -0.3 is 5.32 Å². The molecule has 0 saturated carbocycles. The van der Waals surface area contributed by atoms with Crippen LogP contribution in [0.5, 0.6) is 0 Å². The predicted octanol–water partition coefficient (Wildman–Crippen LogP) is 2.86. The first kappa shape index (κ1) is 15.6. The molecule has 0 aromatic carbocycles. The van der Waals surface area contributed by atoms with E-state index in [9.17, 15) is 8.42 Å². The van der Waals surface area contributed by atoms with Gasteiger partial charge >= 0.3 is 0 Å². The minimum atomic E-state index is -3.55. The van der Waals surface area contributed by atoms with Crippen LogP contribution in [0.15, 0.2) is 70.8 Å². The van der Waals surface area contributed by atoms with E-state index in [1.165, 1.54) is 18.2 Å². The number of hydrogen-bond donors (Lipinski definition) is 2. The van der Waals surface area contributed by atoms with Gasteiger partial charge in [-0.15, -0.1) is 0 Å². The van der Waals surface area contributed by atoms with Crippen LogP contribution < -0.4 is 5.32 Å². The van der Waals surface area contributed by atoms with Gasteiger partial charge in [0, 0.05) is 5.75 Å². The van der Waals surface area contributed by atoms with Crippen LogP contribution >= 0.6 is 12.6 Å². The summed E-state index contributed by atoms with van der Waals surface area (Å²) in [7, 11) is -3.55. The highest BCUT2D eigenvalue weighted by Crippen LogP contribution is 2.33. The van der Waals surface area contributed by atoms with Crippen molar-refractivity contribution in [3.63, 3.8) is 0 Å². The van der Waals surface area contributed by atoms with Gasteiger partial charge in [0.25, 0.3) is 0 Å². The van der Waals surface area contributed by atoms with Gasteiger partial charge in [0.15, 0.2) is 0 Å². The Hall–Kier alpha value is -1.46. The highest BCUT2D eigenvalue weighted by atomic mass is 32.2. The van der Waals surface area contributed by atoms with E-state index in [-0.39, 0.29) is 9.81 Å². The maximum Gasteiger partial charge on any atom is 0.210 e. The number of allylic oxidation sites excluding steroid dienone is 5. The Morgan fingerprint density at radius 3 is 2.26 bits per heavy atom. The van der Waals surface area contributed by atoms with Crippen molar-refractivity contribution in [1.82, 2.24) is 5.32 Å². The van der Waals surface area contributed by atoms with E-state index in [1.807, 2.05) is 0 Å². The molecule has 0 radical (unpaired) electrons. The molecule has 0 amide bonds. The van der Waals surface area contributed by atoms with Gasteiger partial charge in [-0.3, -0.25) is 0 Å². The van der Waals surface area contributed by atoms with Crippen molar-refractivity contribution >= 4 is 22.5 Å². The Bertz CT molecular complexity index is 605. The zero-order valence-corrected chi connectivity index (χ0v) is 12.5. The van der Waals surface area contributed by atoms with Gasteiger partial charge in [-0.05, 0) is 25.2 Å². The molecule has 1 fully saturated rings. The molecule has 0 aromatic heterocycles. The highest BCUT2D eigenvalue weighted by Gasteiger charge is 2.33. The van der Waals surface area contributed by atoms with Crippen molar-refractivity contribution in [3.05, 3.63) is 70.8 Å². The number of thiol groups is 1. The van der Waals surface area contributed by atoms with Crippen LogP contribution in [0.2, 0.25) is 0 Å². The minimum Gasteiger partial charge on any atom is -0.354 e. The predicted molar refractivity (Wildman–Crippen MR) is 84.3 cm³/mol. The molecule has 1 rings (SSSR count). The maximum atomic E-state index is 12.5. The average Bonchev–Trinajstić information content (AvgIpc) is 2.34. The zero-order chi connectivity index (χ0) is 14.5. The summed E-state index contributed by atoms with van der Waals surface area (Å²) in [4.78, 5) is 0.433. The lowest BCUT2D eigenvalue weighted by molar-refractivity contribution is 0.605. The summed E-state index contributed by atoms with van der Waals surface area (Å²) >= 11 is 4.10. The first-order chi connectivity index (χ1) is 9.02. The summed E-state index contributed by atoms with van der Waals surface area (Å²) < 4.78 is 25.1. The van der Waals surface area contributed by atoms with Crippen LogP contribution in [0.1, 0.15) is 6.92 Å². The quantitative estimate of drug-likeness (QED) is 0.787. The summed E-state index contributed by atoms with van der Waals surface area (Å²) in [5, 5.41) is 3.09. The maximum absolute atomic E-state index is 12.5. The molecule has 1 heterocycles. The third kappa shape index (κ3) is 3.11. The topological polar surface area (TPSA) is 46.2 Å². The van der Waals surface area contributed by atoms with E-state index in [4.69, 9.17) is 0 Å². The summed E-state index contributed by atoms with van der Waals surface area (Å²) in [6.45, 7) is 8.84. The fourth-order valence-electron chi connectivity index (χ4n) is 1.76. The highest BCUT2D eigenvalue weighted by molar-refractivity contribution is 7.99. The summed E-state index contributed by atoms with van der Waals surface area (Å²) in [5.74, 6) is 0.442. The van der Waals surface area contributed by atoms with E-state index in [1.54, 1.807) is 25.2 Å². The Balaban J connectivity index is 3.58. The zero-order valence-electron chi connectivity index (χ0n) is 10.8. The molecule has 0 spiro atoms. The van der Waals surface area contributed by atoms with Gasteiger partial charge in [0.1, 0.15) is 0 Å². The molecule has 1 saturated heterocycles. The lowest BCUT2D eigenvalue weighted by Crippen LogP contribution is -2.29. The first-order valence-corrected chi connectivity index (χ1v) is 7.80. The second-order valence-electron chi connectivity index (χ2n) is 3.66. The van der Waals surface area contributed by atoms with Crippen molar-refractivity contribution in [3.8, 4) is 0 Å². The van der Waals surface area contributed by atoms with Gasteiger partial charge in [-0.1, -0.05) is 31.4 Å². The second-order valence-corrected chi connectivity index (χ2v) is 5.92. The molecule has 3 nitrogen and oxygen atoms in total. The van der Waals surface area contributed by atoms with Gasteiger partial charge in [0.2, 0.25) is 9.84 Å². The standard InChI is InChI=1S/C14H17NO2S2/c1-4-7-11-14(8-5-2)19(16,17)13(6-3)12(15-11)9-10-18/h4-9,15,18H,1-2,10H2,3H3/b11-7+,12-9+,13-6+,14-8+. The molecule has 1 N–H and O–H groups in total. The summed E-state index contributed by atoms with van der Waals surface area (Å²) in [6.07, 6.45) is 9.36. The fourth-order valence-corrected chi connectivity index (χ4v) is 3.60. The molecule has 0 aromatic rings. The van der Waals surface area contributed by atoms with Crippen molar-refractivity contribution in [1.29, 1.82) is 0 Å². The lowest BCUT2D eigenvalue weighted by atomic mass is 10.2. The normalized spacial score (nSPS) is 26.6. The molecular formula is C14H17NO2S2. The van der Waals surface area contributed by atoms with Crippen LogP contribution in [-0.2, 0) is 9.84 Å². The molecule has 1 aliphatic rings. The number of nitrogens with one attached hydrogen (secondary N) is 1. The Kier molecular flexibility index (Phi) is 5.44. The average molecular weight is 295 g/mol. The summed E-state index contributed by atoms with van der Waals surface area (Å²) in [5.41, 5.74) is 1.01. The van der Waals surface area contributed by atoms with Gasteiger partial charge in [0.05, 0.1) is 21.2 Å². The smallest absolute Gasteiger partial charge is 0.210 e. The Morgan fingerprint density at radius 2 is 1.79 bits per heavy atom. The fraction of sp³-hybridized carbons (Fsp3) is 0.143. The second kappa shape index (κ2) is 6.63. The van der Waals surface area contributed by atoms with Crippen molar-refractivity contribution < 1.29 is 8.42 Å². The molecule has 19 heavy (non-hydrogen) atoms. The van der Waals surface area contributed by atoms with Gasteiger partial charge in [-0.2, -0.15) is 12.6 Å².